The van der Waals surface area contributed by atoms with Crippen LogP contribution >= 0.6 is 0 Å². The number of carbonyl (C=O) groups is 2. The van der Waals surface area contributed by atoms with E-state index in [1.165, 1.54) is 16.7 Å². The molecule has 5 unspecified atom stereocenters. The first kappa shape index (κ1) is 17.8. The molecule has 5 atom stereocenters. The monoisotopic (exact) mass is 392 g/mol. The van der Waals surface area contributed by atoms with Gasteiger partial charge in [0.2, 0.25) is 5.91 Å². The van der Waals surface area contributed by atoms with E-state index in [9.17, 15) is 9.59 Å². The highest BCUT2D eigenvalue weighted by Crippen LogP contribution is 2.60. The molecule has 1 aromatic rings. The number of aryl methyl sites for hydroxylation is 2. The van der Waals surface area contributed by atoms with E-state index in [1.807, 2.05) is 4.90 Å². The second kappa shape index (κ2) is 5.79. The molecule has 0 N–H and O–H groups in total. The number of carbonyl (C=O) groups excluding carboxylic acids is 2. The van der Waals surface area contributed by atoms with Gasteiger partial charge in [0.15, 0.2) is 0 Å². The number of ether oxygens (including phenoxy) is 1. The van der Waals surface area contributed by atoms with Crippen LogP contribution in [0.15, 0.2) is 23.8 Å². The van der Waals surface area contributed by atoms with Crippen LogP contribution < -0.4 is 4.90 Å². The first-order chi connectivity index (χ1) is 13.9. The molecular weight excluding hydrogens is 364 g/mol. The molecule has 1 saturated carbocycles. The van der Waals surface area contributed by atoms with Crippen molar-refractivity contribution in [3.8, 4) is 0 Å². The fraction of sp³-hybridized carbons (Fsp3) is 0.583. The average molecular weight is 392 g/mol. The summed E-state index contributed by atoms with van der Waals surface area (Å²) in [6.45, 7) is 6.51. The molecule has 2 saturated heterocycles. The van der Waals surface area contributed by atoms with Gasteiger partial charge >= 0.3 is 0 Å². The fourth-order valence-corrected chi connectivity index (χ4v) is 6.94. The number of ketones is 1. The van der Waals surface area contributed by atoms with Crippen LogP contribution in [-0.4, -0.2) is 55.5 Å². The molecule has 152 valence electrons. The van der Waals surface area contributed by atoms with Crippen molar-refractivity contribution in [1.29, 1.82) is 0 Å². The van der Waals surface area contributed by atoms with Gasteiger partial charge in [-0.1, -0.05) is 17.7 Å². The Balaban J connectivity index is 1.67. The van der Waals surface area contributed by atoms with Crippen molar-refractivity contribution in [3.05, 3.63) is 40.5 Å². The number of likely N-dealkylation sites (N-methyl/N-ethyl adjacent to an activating group) is 1. The third-order valence-corrected chi connectivity index (χ3v) is 8.41. The first-order valence-corrected chi connectivity index (χ1v) is 10.9. The Morgan fingerprint density at radius 3 is 2.76 bits per heavy atom. The Morgan fingerprint density at radius 2 is 1.93 bits per heavy atom. The predicted octanol–water partition coefficient (Wildman–Crippen LogP) is 2.53. The summed E-state index contributed by atoms with van der Waals surface area (Å²) in [5.41, 5.74) is 5.19. The maximum atomic E-state index is 14.0. The highest BCUT2D eigenvalue weighted by atomic mass is 16.5. The quantitative estimate of drug-likeness (QED) is 0.637. The molecule has 29 heavy (non-hydrogen) atoms. The number of nitrogens with zero attached hydrogens (tertiary/aromatic N) is 2. The van der Waals surface area contributed by atoms with Crippen molar-refractivity contribution in [2.45, 2.75) is 50.7 Å². The molecule has 4 bridgehead atoms. The lowest BCUT2D eigenvalue weighted by molar-refractivity contribution is -0.140. The van der Waals surface area contributed by atoms with Crippen LogP contribution in [0, 0.1) is 25.7 Å². The van der Waals surface area contributed by atoms with Crippen molar-refractivity contribution in [3.63, 3.8) is 0 Å². The first-order valence-electron chi connectivity index (χ1n) is 10.9. The van der Waals surface area contributed by atoms with Gasteiger partial charge in [-0.25, -0.2) is 0 Å². The number of hydrogen-bond donors (Lipinski definition) is 0. The van der Waals surface area contributed by atoms with Gasteiger partial charge in [0.05, 0.1) is 30.6 Å². The zero-order valence-electron chi connectivity index (χ0n) is 17.4. The number of piperidine rings is 1. The SMILES string of the molecule is Cc1cc2c(cc1C)C13CCN(C)CC4=CCOC5CC(=O)N2C1C5C4CC3=O. The van der Waals surface area contributed by atoms with Gasteiger partial charge in [-0.05, 0) is 62.5 Å². The predicted molar refractivity (Wildman–Crippen MR) is 110 cm³/mol. The van der Waals surface area contributed by atoms with E-state index >= 15 is 0 Å². The van der Waals surface area contributed by atoms with Crippen LogP contribution in [-0.2, 0) is 19.7 Å². The minimum atomic E-state index is -0.597. The molecule has 0 aromatic heterocycles. The Morgan fingerprint density at radius 1 is 1.14 bits per heavy atom. The van der Waals surface area contributed by atoms with E-state index in [2.05, 4.69) is 44.0 Å². The average Bonchev–Trinajstić information content (AvgIpc) is 2.89. The molecule has 1 aromatic carbocycles. The Bertz CT molecular complexity index is 983. The van der Waals surface area contributed by atoms with Gasteiger partial charge in [0, 0.05) is 24.6 Å². The van der Waals surface area contributed by atoms with E-state index < -0.39 is 5.41 Å². The van der Waals surface area contributed by atoms with E-state index in [0.717, 1.165) is 30.8 Å². The molecule has 4 heterocycles. The topological polar surface area (TPSA) is 49.9 Å². The Kier molecular flexibility index (Phi) is 3.57. The number of anilines is 1. The van der Waals surface area contributed by atoms with Crippen molar-refractivity contribution in [2.24, 2.45) is 11.8 Å². The maximum absolute atomic E-state index is 14.0. The molecule has 0 radical (unpaired) electrons. The van der Waals surface area contributed by atoms with Crippen LogP contribution in [0.3, 0.4) is 0 Å². The van der Waals surface area contributed by atoms with Gasteiger partial charge in [0.25, 0.3) is 0 Å². The summed E-state index contributed by atoms with van der Waals surface area (Å²) in [6.07, 6.45) is 3.88. The lowest BCUT2D eigenvalue weighted by atomic mass is 9.55. The number of hydrogen-bond acceptors (Lipinski definition) is 4. The molecule has 4 aliphatic heterocycles. The van der Waals surface area contributed by atoms with Gasteiger partial charge in [0.1, 0.15) is 5.78 Å². The van der Waals surface area contributed by atoms with Crippen LogP contribution in [0.25, 0.3) is 0 Å². The fourth-order valence-electron chi connectivity index (χ4n) is 6.94. The van der Waals surface area contributed by atoms with E-state index in [1.54, 1.807) is 0 Å². The number of benzene rings is 1. The lowest BCUT2D eigenvalue weighted by Crippen LogP contribution is -2.66. The largest absolute Gasteiger partial charge is 0.373 e. The van der Waals surface area contributed by atoms with Crippen molar-refractivity contribution in [2.75, 3.05) is 31.6 Å². The number of rotatable bonds is 0. The smallest absolute Gasteiger partial charge is 0.229 e. The summed E-state index contributed by atoms with van der Waals surface area (Å²) >= 11 is 0. The molecular formula is C24H28N2O3. The number of amides is 1. The molecule has 1 aliphatic carbocycles. The highest BCUT2D eigenvalue weighted by Gasteiger charge is 2.67. The number of fused-ring (bicyclic) bond motifs is 2. The van der Waals surface area contributed by atoms with Gasteiger partial charge < -0.3 is 14.5 Å². The lowest BCUT2D eigenvalue weighted by Gasteiger charge is -2.53. The van der Waals surface area contributed by atoms with Crippen molar-refractivity contribution < 1.29 is 14.3 Å². The van der Waals surface area contributed by atoms with E-state index in [4.69, 9.17) is 4.74 Å². The Labute approximate surface area is 171 Å². The second-order valence-electron chi connectivity index (χ2n) is 9.79. The third-order valence-electron chi connectivity index (χ3n) is 8.41. The number of Topliss-reactive ketones (excluding diaryl/α,β-unsaturated/α-hetero) is 1. The molecule has 3 fully saturated rings. The zero-order chi connectivity index (χ0) is 20.1. The van der Waals surface area contributed by atoms with Crippen molar-refractivity contribution in [1.82, 2.24) is 4.90 Å². The van der Waals surface area contributed by atoms with Gasteiger partial charge in [-0.15, -0.1) is 0 Å². The molecule has 6 rings (SSSR count). The van der Waals surface area contributed by atoms with E-state index in [0.29, 0.717) is 25.2 Å². The summed E-state index contributed by atoms with van der Waals surface area (Å²) in [7, 11) is 2.15. The minimum Gasteiger partial charge on any atom is -0.373 e. The summed E-state index contributed by atoms with van der Waals surface area (Å²) in [5.74, 6) is 0.818. The summed E-state index contributed by atoms with van der Waals surface area (Å²) in [6, 6.07) is 4.24. The summed E-state index contributed by atoms with van der Waals surface area (Å²) < 4.78 is 6.25. The van der Waals surface area contributed by atoms with Gasteiger partial charge in [-0.3, -0.25) is 9.59 Å². The van der Waals surface area contributed by atoms with Crippen LogP contribution in [0.5, 0.6) is 0 Å². The molecule has 5 nitrogen and oxygen atoms in total. The molecule has 0 spiro atoms. The molecule has 5 heteroatoms. The Hall–Kier alpha value is -1.98. The summed E-state index contributed by atoms with van der Waals surface area (Å²) in [4.78, 5) is 31.7. The van der Waals surface area contributed by atoms with Crippen LogP contribution in [0.4, 0.5) is 5.69 Å². The molecule has 1 amide bonds. The maximum Gasteiger partial charge on any atom is 0.229 e. The third kappa shape index (κ3) is 2.13. The summed E-state index contributed by atoms with van der Waals surface area (Å²) in [5, 5.41) is 0. The standard InChI is InChI=1S/C24H28N2O3/c1-13-8-17-18(9-14(13)2)26-21(28)11-19-22-16-10-20(27)24(17,23(22)26)5-6-25(3)12-15(16)4-7-29-19/h4,8-9,16,19,22-23H,5-7,10-12H2,1-3H3. The zero-order valence-corrected chi connectivity index (χ0v) is 17.4. The minimum absolute atomic E-state index is 0.0881. The normalized spacial score (nSPS) is 38.2. The van der Waals surface area contributed by atoms with Crippen LogP contribution in [0.2, 0.25) is 0 Å². The van der Waals surface area contributed by atoms with E-state index in [-0.39, 0.29) is 29.9 Å². The van der Waals surface area contributed by atoms with Crippen LogP contribution in [0.1, 0.15) is 36.0 Å². The second-order valence-corrected chi connectivity index (χ2v) is 9.79. The molecule has 5 aliphatic rings. The van der Waals surface area contributed by atoms with Gasteiger partial charge in [-0.2, -0.15) is 0 Å². The highest BCUT2D eigenvalue weighted by molar-refractivity contribution is 6.06. The van der Waals surface area contributed by atoms with Crippen molar-refractivity contribution >= 4 is 17.4 Å².